The average Bonchev–Trinajstić information content (AvgIpc) is 2.83. The third kappa shape index (κ3) is 3.01. The van der Waals surface area contributed by atoms with Crippen molar-refractivity contribution in [2.45, 2.75) is 19.4 Å². The number of anilines is 1. The van der Waals surface area contributed by atoms with E-state index in [1.54, 1.807) is 4.90 Å². The first kappa shape index (κ1) is 12.9. The second-order valence-electron chi connectivity index (χ2n) is 4.63. The smallest absolute Gasteiger partial charge is 0.242 e. The monoisotopic (exact) mass is 248 g/mol. The Morgan fingerprint density at radius 3 is 2.72 bits per heavy atom. The van der Waals surface area contributed by atoms with Gasteiger partial charge in [0.05, 0.1) is 12.6 Å². The van der Waals surface area contributed by atoms with E-state index in [0.717, 1.165) is 12.2 Å². The van der Waals surface area contributed by atoms with E-state index >= 15 is 0 Å². The highest BCUT2D eigenvalue weighted by molar-refractivity contribution is 5.81. The molecule has 1 aromatic rings. The highest BCUT2D eigenvalue weighted by atomic mass is 16.3. The molecule has 4 nitrogen and oxygen atoms in total. The molecule has 1 amide bonds. The van der Waals surface area contributed by atoms with Gasteiger partial charge in [-0.05, 0) is 25.5 Å². The van der Waals surface area contributed by atoms with Gasteiger partial charge in [0.1, 0.15) is 0 Å². The SMILES string of the molecule is CCN(CC(=O)N1CC[C@H](O)C1)c1ccccc1. The Bertz CT molecular complexity index is 394. The zero-order valence-corrected chi connectivity index (χ0v) is 10.7. The standard InChI is InChI=1S/C14H20N2O2/c1-2-15(12-6-4-3-5-7-12)11-14(18)16-9-8-13(17)10-16/h3-7,13,17H,2,8-11H2,1H3/t13-/m0/s1. The van der Waals surface area contributed by atoms with Crippen LogP contribution in [0.2, 0.25) is 0 Å². The summed E-state index contributed by atoms with van der Waals surface area (Å²) >= 11 is 0. The lowest BCUT2D eigenvalue weighted by atomic mass is 10.3. The van der Waals surface area contributed by atoms with Gasteiger partial charge in [0.2, 0.25) is 5.91 Å². The minimum atomic E-state index is -0.347. The van der Waals surface area contributed by atoms with Crippen LogP contribution < -0.4 is 4.90 Å². The van der Waals surface area contributed by atoms with E-state index in [0.29, 0.717) is 26.1 Å². The maximum atomic E-state index is 12.1. The normalized spacial score (nSPS) is 19.0. The maximum absolute atomic E-state index is 12.1. The molecule has 0 aliphatic carbocycles. The van der Waals surface area contributed by atoms with E-state index in [1.807, 2.05) is 42.2 Å². The van der Waals surface area contributed by atoms with E-state index < -0.39 is 0 Å². The third-order valence-electron chi connectivity index (χ3n) is 3.35. The van der Waals surface area contributed by atoms with Crippen molar-refractivity contribution in [1.82, 2.24) is 4.90 Å². The average molecular weight is 248 g/mol. The first-order valence-corrected chi connectivity index (χ1v) is 6.46. The Balaban J connectivity index is 1.96. The molecule has 0 aromatic heterocycles. The van der Waals surface area contributed by atoms with Crippen LogP contribution in [0.5, 0.6) is 0 Å². The van der Waals surface area contributed by atoms with Gasteiger partial charge in [-0.15, -0.1) is 0 Å². The number of hydrogen-bond donors (Lipinski definition) is 1. The van der Waals surface area contributed by atoms with Gasteiger partial charge in [0, 0.05) is 25.3 Å². The van der Waals surface area contributed by atoms with E-state index in [2.05, 4.69) is 0 Å². The molecule has 0 saturated carbocycles. The van der Waals surface area contributed by atoms with Gasteiger partial charge in [-0.3, -0.25) is 4.79 Å². The number of aliphatic hydroxyl groups excluding tert-OH is 1. The number of benzene rings is 1. The largest absolute Gasteiger partial charge is 0.391 e. The molecule has 1 saturated heterocycles. The second kappa shape index (κ2) is 5.87. The molecule has 4 heteroatoms. The molecule has 98 valence electrons. The van der Waals surface area contributed by atoms with Crippen LogP contribution in [0, 0.1) is 0 Å². The van der Waals surface area contributed by atoms with Crippen molar-refractivity contribution in [3.8, 4) is 0 Å². The Morgan fingerprint density at radius 2 is 2.17 bits per heavy atom. The van der Waals surface area contributed by atoms with Crippen molar-refractivity contribution in [3.63, 3.8) is 0 Å². The van der Waals surface area contributed by atoms with Crippen LogP contribution in [0.1, 0.15) is 13.3 Å². The molecular formula is C14H20N2O2. The Hall–Kier alpha value is -1.55. The van der Waals surface area contributed by atoms with E-state index in [1.165, 1.54) is 0 Å². The van der Waals surface area contributed by atoms with Crippen molar-refractivity contribution in [2.75, 3.05) is 31.1 Å². The fraction of sp³-hybridized carbons (Fsp3) is 0.500. The number of amides is 1. The molecule has 0 spiro atoms. The fourth-order valence-electron chi connectivity index (χ4n) is 2.26. The lowest BCUT2D eigenvalue weighted by Crippen LogP contribution is -2.39. The van der Waals surface area contributed by atoms with Gasteiger partial charge < -0.3 is 14.9 Å². The fourth-order valence-corrected chi connectivity index (χ4v) is 2.26. The molecule has 1 aliphatic heterocycles. The summed E-state index contributed by atoms with van der Waals surface area (Å²) in [5.74, 6) is 0.0947. The molecule has 1 aliphatic rings. The highest BCUT2D eigenvalue weighted by Crippen LogP contribution is 2.14. The minimum Gasteiger partial charge on any atom is -0.391 e. The zero-order chi connectivity index (χ0) is 13.0. The molecule has 1 aromatic carbocycles. The number of carbonyl (C=O) groups is 1. The molecule has 1 N–H and O–H groups in total. The molecule has 0 unspecified atom stereocenters. The summed E-state index contributed by atoms with van der Waals surface area (Å²) in [4.78, 5) is 15.9. The number of rotatable bonds is 4. The van der Waals surface area contributed by atoms with Gasteiger partial charge in [0.25, 0.3) is 0 Å². The van der Waals surface area contributed by atoms with Gasteiger partial charge in [-0.25, -0.2) is 0 Å². The Labute approximate surface area is 108 Å². The van der Waals surface area contributed by atoms with Gasteiger partial charge >= 0.3 is 0 Å². The van der Waals surface area contributed by atoms with Crippen LogP contribution >= 0.6 is 0 Å². The van der Waals surface area contributed by atoms with E-state index in [9.17, 15) is 9.90 Å². The summed E-state index contributed by atoms with van der Waals surface area (Å²) in [6.07, 6.45) is 0.351. The molecule has 0 bridgehead atoms. The summed E-state index contributed by atoms with van der Waals surface area (Å²) in [7, 11) is 0. The molecule has 1 fully saturated rings. The first-order valence-electron chi connectivity index (χ1n) is 6.46. The molecule has 1 atom stereocenters. The summed E-state index contributed by atoms with van der Waals surface area (Å²) in [5.41, 5.74) is 1.06. The maximum Gasteiger partial charge on any atom is 0.242 e. The lowest BCUT2D eigenvalue weighted by Gasteiger charge is -2.25. The van der Waals surface area contributed by atoms with Gasteiger partial charge in [-0.2, -0.15) is 0 Å². The predicted molar refractivity (Wildman–Crippen MR) is 71.5 cm³/mol. The van der Waals surface area contributed by atoms with Gasteiger partial charge in [0.15, 0.2) is 0 Å². The van der Waals surface area contributed by atoms with Crippen LogP contribution in [-0.4, -0.2) is 48.2 Å². The van der Waals surface area contributed by atoms with Crippen molar-refractivity contribution < 1.29 is 9.90 Å². The highest BCUT2D eigenvalue weighted by Gasteiger charge is 2.25. The summed E-state index contributed by atoms with van der Waals surface area (Å²) in [6, 6.07) is 9.94. The van der Waals surface area contributed by atoms with Crippen LogP contribution in [0.25, 0.3) is 0 Å². The van der Waals surface area contributed by atoms with Crippen LogP contribution in [0.3, 0.4) is 0 Å². The van der Waals surface area contributed by atoms with Crippen LogP contribution in [0.15, 0.2) is 30.3 Å². The summed E-state index contributed by atoms with van der Waals surface area (Å²) in [5, 5.41) is 9.45. The Morgan fingerprint density at radius 1 is 1.44 bits per heavy atom. The van der Waals surface area contributed by atoms with Crippen molar-refractivity contribution in [2.24, 2.45) is 0 Å². The number of carbonyl (C=O) groups excluding carboxylic acids is 1. The number of aliphatic hydroxyl groups is 1. The third-order valence-corrected chi connectivity index (χ3v) is 3.35. The molecule has 1 heterocycles. The van der Waals surface area contributed by atoms with Gasteiger partial charge in [-0.1, -0.05) is 18.2 Å². The quantitative estimate of drug-likeness (QED) is 0.868. The number of nitrogens with zero attached hydrogens (tertiary/aromatic N) is 2. The van der Waals surface area contributed by atoms with Crippen LogP contribution in [-0.2, 0) is 4.79 Å². The van der Waals surface area contributed by atoms with Crippen molar-refractivity contribution in [3.05, 3.63) is 30.3 Å². The Kier molecular flexibility index (Phi) is 4.20. The zero-order valence-electron chi connectivity index (χ0n) is 10.7. The van der Waals surface area contributed by atoms with Crippen molar-refractivity contribution in [1.29, 1.82) is 0 Å². The topological polar surface area (TPSA) is 43.8 Å². The van der Waals surface area contributed by atoms with Crippen LogP contribution in [0.4, 0.5) is 5.69 Å². The number of β-amino-alcohol motifs (C(OH)–C–C–N with tert-alkyl or cyclic N) is 1. The molecular weight excluding hydrogens is 228 g/mol. The summed E-state index contributed by atoms with van der Waals surface area (Å²) < 4.78 is 0. The van der Waals surface area contributed by atoms with E-state index in [4.69, 9.17) is 0 Å². The van der Waals surface area contributed by atoms with E-state index in [-0.39, 0.29) is 12.0 Å². The number of para-hydroxylation sites is 1. The molecule has 0 radical (unpaired) electrons. The van der Waals surface area contributed by atoms with Crippen molar-refractivity contribution >= 4 is 11.6 Å². The minimum absolute atomic E-state index is 0.0947. The summed E-state index contributed by atoms with van der Waals surface area (Å²) in [6.45, 7) is 4.37. The molecule has 18 heavy (non-hydrogen) atoms. The number of hydrogen-bond acceptors (Lipinski definition) is 3. The predicted octanol–water partition coefficient (Wildman–Crippen LogP) is 1.11. The number of likely N-dealkylation sites (tertiary alicyclic amines) is 1. The number of likely N-dealkylation sites (N-methyl/N-ethyl adjacent to an activating group) is 1. The molecule has 2 rings (SSSR count). The second-order valence-corrected chi connectivity index (χ2v) is 4.63. The lowest BCUT2D eigenvalue weighted by molar-refractivity contribution is -0.129. The first-order chi connectivity index (χ1) is 8.70.